The molecule has 0 spiro atoms. The van der Waals surface area contributed by atoms with Gasteiger partial charge in [0.25, 0.3) is 0 Å². The molecule has 0 heterocycles. The van der Waals surface area contributed by atoms with Gasteiger partial charge in [-0.15, -0.1) is 0 Å². The van der Waals surface area contributed by atoms with E-state index < -0.39 is 5.97 Å². The van der Waals surface area contributed by atoms with Gasteiger partial charge >= 0.3 is 5.97 Å². The maximum Gasteiger partial charge on any atom is 0.303 e. The lowest BCUT2D eigenvalue weighted by atomic mass is 9.95. The van der Waals surface area contributed by atoms with Gasteiger partial charge in [-0.05, 0) is 45.1 Å². The van der Waals surface area contributed by atoms with Crippen LogP contribution in [-0.2, 0) is 16.0 Å². The number of carbonyl (C=O) groups is 3. The zero-order valence-corrected chi connectivity index (χ0v) is 16.3. The van der Waals surface area contributed by atoms with Crippen molar-refractivity contribution in [1.82, 2.24) is 0 Å². The highest BCUT2D eigenvalue weighted by Gasteiger charge is 2.13. The fourth-order valence-corrected chi connectivity index (χ4v) is 3.06. The molecule has 2 rings (SSSR count). The van der Waals surface area contributed by atoms with E-state index in [9.17, 15) is 14.4 Å². The molecule has 0 saturated heterocycles. The predicted octanol–water partition coefficient (Wildman–Crippen LogP) is 4.67. The summed E-state index contributed by atoms with van der Waals surface area (Å²) in [5, 5.41) is 12.0. The van der Waals surface area contributed by atoms with Crippen molar-refractivity contribution in [3.05, 3.63) is 62.6 Å². The molecule has 0 aliphatic heterocycles. The maximum absolute atomic E-state index is 12.3. The van der Waals surface area contributed by atoms with Crippen molar-refractivity contribution in [2.75, 3.05) is 5.32 Å². The standard InChI is InChI=1S/C19H17BrClNO4/c1-11(5-19(25)26)13-4-2-3-12(6-13)7-18(24)22-17-9-16(21)15(20)8-14(17)10-23/h2-4,6,8-11H,5,7H2,1H3,(H,22,24)(H,25,26). The van der Waals surface area contributed by atoms with Crippen LogP contribution in [0.4, 0.5) is 5.69 Å². The molecule has 1 atom stereocenters. The summed E-state index contributed by atoms with van der Waals surface area (Å²) in [6.45, 7) is 1.83. The van der Waals surface area contributed by atoms with Crippen LogP contribution in [0.25, 0.3) is 0 Å². The molecule has 26 heavy (non-hydrogen) atoms. The van der Waals surface area contributed by atoms with Gasteiger partial charge in [0, 0.05) is 10.0 Å². The molecule has 0 saturated carbocycles. The Hall–Kier alpha value is -2.18. The van der Waals surface area contributed by atoms with Gasteiger partial charge in [0.2, 0.25) is 5.91 Å². The molecule has 136 valence electrons. The van der Waals surface area contributed by atoms with Gasteiger partial charge in [0.1, 0.15) is 0 Å². The largest absolute Gasteiger partial charge is 0.481 e. The summed E-state index contributed by atoms with van der Waals surface area (Å²) < 4.78 is 0.569. The lowest BCUT2D eigenvalue weighted by Gasteiger charge is -2.12. The minimum atomic E-state index is -0.867. The molecule has 2 aromatic carbocycles. The molecule has 0 aliphatic carbocycles. The van der Waals surface area contributed by atoms with Crippen molar-refractivity contribution in [3.8, 4) is 0 Å². The molecule has 1 amide bonds. The van der Waals surface area contributed by atoms with E-state index in [1.807, 2.05) is 19.1 Å². The Labute approximate surface area is 164 Å². The summed E-state index contributed by atoms with van der Waals surface area (Å²) in [6.07, 6.45) is 0.764. The number of carbonyl (C=O) groups excluding carboxylic acids is 2. The van der Waals surface area contributed by atoms with Crippen LogP contribution in [0.5, 0.6) is 0 Å². The smallest absolute Gasteiger partial charge is 0.303 e. The fourth-order valence-electron chi connectivity index (χ4n) is 2.54. The number of hydrogen-bond donors (Lipinski definition) is 2. The normalized spacial score (nSPS) is 11.7. The molecule has 1 unspecified atom stereocenters. The Balaban J connectivity index is 2.12. The number of benzene rings is 2. The van der Waals surface area contributed by atoms with Crippen molar-refractivity contribution in [2.45, 2.75) is 25.7 Å². The Morgan fingerprint density at radius 2 is 2.04 bits per heavy atom. The Bertz CT molecular complexity index is 853. The molecule has 2 N–H and O–H groups in total. The zero-order valence-electron chi connectivity index (χ0n) is 14.0. The van der Waals surface area contributed by atoms with Crippen LogP contribution in [0.1, 0.15) is 40.7 Å². The number of aliphatic carboxylic acids is 1. The van der Waals surface area contributed by atoms with Gasteiger partial charge < -0.3 is 10.4 Å². The van der Waals surface area contributed by atoms with Crippen LogP contribution in [0, 0.1) is 0 Å². The number of aldehydes is 1. The monoisotopic (exact) mass is 437 g/mol. The van der Waals surface area contributed by atoms with Crippen LogP contribution in [-0.4, -0.2) is 23.3 Å². The first-order valence-electron chi connectivity index (χ1n) is 7.85. The maximum atomic E-state index is 12.3. The first-order valence-corrected chi connectivity index (χ1v) is 9.02. The van der Waals surface area contributed by atoms with Crippen LogP contribution in [0.3, 0.4) is 0 Å². The second-order valence-corrected chi connectivity index (χ2v) is 7.20. The molecule has 0 aliphatic rings. The average molecular weight is 439 g/mol. The number of carboxylic acid groups (broad SMARTS) is 1. The van der Waals surface area contributed by atoms with E-state index >= 15 is 0 Å². The minimum absolute atomic E-state index is 0.0235. The van der Waals surface area contributed by atoms with Gasteiger partial charge in [-0.1, -0.05) is 42.8 Å². The highest BCUT2D eigenvalue weighted by molar-refractivity contribution is 9.10. The van der Waals surface area contributed by atoms with Crippen molar-refractivity contribution < 1.29 is 19.5 Å². The van der Waals surface area contributed by atoms with Crippen molar-refractivity contribution in [2.24, 2.45) is 0 Å². The lowest BCUT2D eigenvalue weighted by Crippen LogP contribution is -2.16. The van der Waals surface area contributed by atoms with Crippen molar-refractivity contribution >= 4 is 51.4 Å². The molecule has 0 radical (unpaired) electrons. The van der Waals surface area contributed by atoms with E-state index in [2.05, 4.69) is 21.2 Å². The molecule has 2 aromatic rings. The van der Waals surface area contributed by atoms with E-state index in [-0.39, 0.29) is 24.7 Å². The first kappa shape index (κ1) is 20.1. The average Bonchev–Trinajstić information content (AvgIpc) is 2.57. The third-order valence-electron chi connectivity index (χ3n) is 3.86. The molecular formula is C19H17BrClNO4. The number of hydrogen-bond acceptors (Lipinski definition) is 3. The number of halogens is 2. The summed E-state index contributed by atoms with van der Waals surface area (Å²) in [7, 11) is 0. The topological polar surface area (TPSA) is 83.5 Å². The fraction of sp³-hybridized carbons (Fsp3) is 0.211. The summed E-state index contributed by atoms with van der Waals surface area (Å²) in [6, 6.07) is 10.3. The Kier molecular flexibility index (Phi) is 6.94. The summed E-state index contributed by atoms with van der Waals surface area (Å²) in [4.78, 5) is 34.4. The second kappa shape index (κ2) is 8.96. The summed E-state index contributed by atoms with van der Waals surface area (Å²) >= 11 is 9.26. The van der Waals surface area contributed by atoms with Gasteiger partial charge in [0.05, 0.1) is 23.6 Å². The van der Waals surface area contributed by atoms with Crippen molar-refractivity contribution in [3.63, 3.8) is 0 Å². The van der Waals surface area contributed by atoms with Gasteiger partial charge in [0.15, 0.2) is 6.29 Å². The molecular weight excluding hydrogens is 422 g/mol. The highest BCUT2D eigenvalue weighted by atomic mass is 79.9. The van der Waals surface area contributed by atoms with E-state index in [1.54, 1.807) is 18.2 Å². The molecule has 0 aromatic heterocycles. The lowest BCUT2D eigenvalue weighted by molar-refractivity contribution is -0.137. The number of nitrogens with one attached hydrogen (secondary N) is 1. The van der Waals surface area contributed by atoms with E-state index in [4.69, 9.17) is 16.7 Å². The molecule has 0 fully saturated rings. The number of amides is 1. The van der Waals surface area contributed by atoms with Crippen LogP contribution >= 0.6 is 27.5 Å². The Morgan fingerprint density at radius 1 is 1.31 bits per heavy atom. The number of anilines is 1. The molecule has 7 heteroatoms. The van der Waals surface area contributed by atoms with Gasteiger partial charge in [-0.25, -0.2) is 0 Å². The quantitative estimate of drug-likeness (QED) is 0.615. The van der Waals surface area contributed by atoms with Gasteiger partial charge in [-0.3, -0.25) is 14.4 Å². The van der Waals surface area contributed by atoms with Crippen molar-refractivity contribution in [1.29, 1.82) is 0 Å². The zero-order chi connectivity index (χ0) is 19.3. The third-order valence-corrected chi connectivity index (χ3v) is 5.06. The number of carboxylic acids is 1. The van der Waals surface area contributed by atoms with Crippen LogP contribution in [0.15, 0.2) is 40.9 Å². The first-order chi connectivity index (χ1) is 12.3. The van der Waals surface area contributed by atoms with E-state index in [0.29, 0.717) is 27.0 Å². The SMILES string of the molecule is CC(CC(=O)O)c1cccc(CC(=O)Nc2cc(Cl)c(Br)cc2C=O)c1. The predicted molar refractivity (Wildman–Crippen MR) is 104 cm³/mol. The van der Waals surface area contributed by atoms with Crippen LogP contribution < -0.4 is 5.32 Å². The third kappa shape index (κ3) is 5.41. The van der Waals surface area contributed by atoms with Crippen LogP contribution in [0.2, 0.25) is 5.02 Å². The summed E-state index contributed by atoms with van der Waals surface area (Å²) in [5.74, 6) is -1.31. The van der Waals surface area contributed by atoms with Gasteiger partial charge in [-0.2, -0.15) is 0 Å². The number of rotatable bonds is 7. The van der Waals surface area contributed by atoms with E-state index in [1.165, 1.54) is 6.07 Å². The second-order valence-electron chi connectivity index (χ2n) is 5.94. The minimum Gasteiger partial charge on any atom is -0.481 e. The highest BCUT2D eigenvalue weighted by Crippen LogP contribution is 2.29. The van der Waals surface area contributed by atoms with E-state index in [0.717, 1.165) is 11.1 Å². The molecule has 5 nitrogen and oxygen atoms in total. The molecule has 0 bridgehead atoms. The summed E-state index contributed by atoms with van der Waals surface area (Å²) in [5.41, 5.74) is 2.28. The Morgan fingerprint density at radius 3 is 2.69 bits per heavy atom.